The lowest BCUT2D eigenvalue weighted by atomic mass is 10.1. The van der Waals surface area contributed by atoms with Gasteiger partial charge < -0.3 is 10.4 Å². The fraction of sp³-hybridized carbons (Fsp3) is 0.438. The summed E-state index contributed by atoms with van der Waals surface area (Å²) in [6, 6.07) is 8.48. The number of benzene rings is 1. The molecule has 0 unspecified atom stereocenters. The van der Waals surface area contributed by atoms with E-state index in [1.54, 1.807) is 18.3 Å². The van der Waals surface area contributed by atoms with Crippen LogP contribution in [0, 0.1) is 0 Å². The van der Waals surface area contributed by atoms with E-state index in [-0.39, 0.29) is 17.0 Å². The van der Waals surface area contributed by atoms with Gasteiger partial charge in [0.15, 0.2) is 9.84 Å². The number of aliphatic hydroxyl groups excluding tert-OH is 1. The van der Waals surface area contributed by atoms with Gasteiger partial charge in [0.1, 0.15) is 0 Å². The van der Waals surface area contributed by atoms with Crippen molar-refractivity contribution in [3.8, 4) is 0 Å². The lowest BCUT2D eigenvalue weighted by molar-refractivity contribution is 0.165. The molecule has 0 spiro atoms. The van der Waals surface area contributed by atoms with Gasteiger partial charge in [0.25, 0.3) is 0 Å². The zero-order chi connectivity index (χ0) is 17.0. The molecule has 2 N–H and O–H groups in total. The van der Waals surface area contributed by atoms with Crippen molar-refractivity contribution in [2.24, 2.45) is 0 Å². The lowest BCUT2D eigenvalue weighted by Gasteiger charge is -2.23. The highest BCUT2D eigenvalue weighted by molar-refractivity contribution is 7.90. The zero-order valence-electron chi connectivity index (χ0n) is 13.5. The summed E-state index contributed by atoms with van der Waals surface area (Å²) in [5.74, 6) is 0. The highest BCUT2D eigenvalue weighted by Crippen LogP contribution is 2.17. The predicted molar refractivity (Wildman–Crippen MR) is 88.9 cm³/mol. The molecule has 0 saturated carbocycles. The second kappa shape index (κ2) is 7.25. The van der Waals surface area contributed by atoms with E-state index in [0.29, 0.717) is 12.1 Å². The Hall–Kier alpha value is -1.70. The van der Waals surface area contributed by atoms with Crippen molar-refractivity contribution in [3.05, 3.63) is 48.3 Å². The number of aliphatic hydroxyl groups is 1. The van der Waals surface area contributed by atoms with E-state index in [1.165, 1.54) is 18.4 Å². The first-order chi connectivity index (χ1) is 10.8. The second-order valence-corrected chi connectivity index (χ2v) is 7.80. The maximum absolute atomic E-state index is 11.4. The average molecular weight is 337 g/mol. The van der Waals surface area contributed by atoms with Gasteiger partial charge in [-0.1, -0.05) is 12.1 Å². The molecule has 0 aliphatic rings. The Morgan fingerprint density at radius 2 is 1.91 bits per heavy atom. The molecule has 0 bridgehead atoms. The Kier molecular flexibility index (Phi) is 5.56. The summed E-state index contributed by atoms with van der Waals surface area (Å²) in [4.78, 5) is 0.252. The van der Waals surface area contributed by atoms with Crippen molar-refractivity contribution >= 4 is 9.84 Å². The van der Waals surface area contributed by atoms with Gasteiger partial charge >= 0.3 is 0 Å². The van der Waals surface area contributed by atoms with E-state index in [1.807, 2.05) is 23.9 Å². The monoisotopic (exact) mass is 337 g/mol. The van der Waals surface area contributed by atoms with Gasteiger partial charge in [-0.15, -0.1) is 0 Å². The first kappa shape index (κ1) is 17.7. The molecular weight excluding hydrogens is 314 g/mol. The predicted octanol–water partition coefficient (Wildman–Crippen LogP) is 1.56. The largest absolute Gasteiger partial charge is 0.387 e. The van der Waals surface area contributed by atoms with Crippen LogP contribution in [0.5, 0.6) is 0 Å². The number of aromatic nitrogens is 2. The van der Waals surface area contributed by atoms with E-state index in [0.717, 1.165) is 0 Å². The summed E-state index contributed by atoms with van der Waals surface area (Å²) in [6.45, 7) is 4.47. The van der Waals surface area contributed by atoms with E-state index in [4.69, 9.17) is 0 Å². The number of nitrogens with one attached hydrogen (secondary N) is 1. The Bertz CT molecular complexity index is 712. The molecule has 0 fully saturated rings. The van der Waals surface area contributed by atoms with Gasteiger partial charge in [-0.2, -0.15) is 5.10 Å². The molecule has 2 rings (SSSR count). The third-order valence-electron chi connectivity index (χ3n) is 3.99. The number of hydrogen-bond donors (Lipinski definition) is 2. The highest BCUT2D eigenvalue weighted by atomic mass is 32.2. The number of nitrogens with zero attached hydrogens (tertiary/aromatic N) is 2. The SMILES string of the molecule is C[C@H](NC[C@@H](O)c1ccc(S(C)(=O)=O)cc1)[C@@H](C)n1cccn1. The summed E-state index contributed by atoms with van der Waals surface area (Å²) < 4.78 is 24.7. The summed E-state index contributed by atoms with van der Waals surface area (Å²) in [7, 11) is -3.21. The molecule has 2 aromatic rings. The van der Waals surface area contributed by atoms with E-state index in [2.05, 4.69) is 17.3 Å². The Morgan fingerprint density at radius 1 is 1.26 bits per heavy atom. The minimum atomic E-state index is -3.21. The Morgan fingerprint density at radius 3 is 2.43 bits per heavy atom. The average Bonchev–Trinajstić information content (AvgIpc) is 3.05. The van der Waals surface area contributed by atoms with Crippen LogP contribution in [0.25, 0.3) is 0 Å². The standard InChI is InChI=1S/C16H23N3O3S/c1-12(13(2)19-10-4-9-18-19)17-11-16(20)14-5-7-15(8-6-14)23(3,21)22/h4-10,12-13,16-17,20H,11H2,1-3H3/t12-,13+,16+/m0/s1. The maximum atomic E-state index is 11.4. The molecule has 1 heterocycles. The van der Waals surface area contributed by atoms with Crippen molar-refractivity contribution in [2.75, 3.05) is 12.8 Å². The quantitative estimate of drug-likeness (QED) is 0.801. The molecule has 0 radical (unpaired) electrons. The van der Waals surface area contributed by atoms with Crippen LogP contribution in [-0.4, -0.2) is 42.1 Å². The first-order valence-electron chi connectivity index (χ1n) is 7.49. The van der Waals surface area contributed by atoms with Crippen molar-refractivity contribution in [1.82, 2.24) is 15.1 Å². The first-order valence-corrected chi connectivity index (χ1v) is 9.39. The van der Waals surface area contributed by atoms with Crippen LogP contribution in [0.2, 0.25) is 0 Å². The summed E-state index contributed by atoms with van der Waals surface area (Å²) in [5.41, 5.74) is 0.684. The molecular formula is C16H23N3O3S. The topological polar surface area (TPSA) is 84.2 Å². The number of rotatable bonds is 7. The van der Waals surface area contributed by atoms with Crippen LogP contribution in [0.3, 0.4) is 0 Å². The molecule has 3 atom stereocenters. The summed E-state index contributed by atoms with van der Waals surface area (Å²) >= 11 is 0. The summed E-state index contributed by atoms with van der Waals surface area (Å²) in [5, 5.41) is 17.7. The minimum absolute atomic E-state index is 0.125. The molecule has 7 heteroatoms. The van der Waals surface area contributed by atoms with Gasteiger partial charge in [-0.25, -0.2) is 8.42 Å². The fourth-order valence-electron chi connectivity index (χ4n) is 2.27. The highest BCUT2D eigenvalue weighted by Gasteiger charge is 2.16. The van der Waals surface area contributed by atoms with Crippen LogP contribution in [0.1, 0.15) is 31.6 Å². The van der Waals surface area contributed by atoms with Crippen LogP contribution >= 0.6 is 0 Å². The fourth-order valence-corrected chi connectivity index (χ4v) is 2.90. The van der Waals surface area contributed by atoms with E-state index < -0.39 is 15.9 Å². The van der Waals surface area contributed by atoms with Crippen LogP contribution in [-0.2, 0) is 9.84 Å². The summed E-state index contributed by atoms with van der Waals surface area (Å²) in [6.07, 6.45) is 4.11. The molecule has 1 aromatic carbocycles. The molecule has 1 aromatic heterocycles. The number of sulfone groups is 1. The molecule has 0 aliphatic carbocycles. The van der Waals surface area contributed by atoms with Gasteiger partial charge in [-0.05, 0) is 37.6 Å². The van der Waals surface area contributed by atoms with E-state index >= 15 is 0 Å². The van der Waals surface area contributed by atoms with E-state index in [9.17, 15) is 13.5 Å². The van der Waals surface area contributed by atoms with Gasteiger partial charge in [0.2, 0.25) is 0 Å². The molecule has 126 valence electrons. The number of hydrogen-bond acceptors (Lipinski definition) is 5. The smallest absolute Gasteiger partial charge is 0.175 e. The lowest BCUT2D eigenvalue weighted by Crippen LogP contribution is -2.36. The molecule has 0 amide bonds. The van der Waals surface area contributed by atoms with Crippen LogP contribution in [0.15, 0.2) is 47.6 Å². The zero-order valence-corrected chi connectivity index (χ0v) is 14.4. The minimum Gasteiger partial charge on any atom is -0.387 e. The van der Waals surface area contributed by atoms with Crippen molar-refractivity contribution < 1.29 is 13.5 Å². The second-order valence-electron chi connectivity index (χ2n) is 5.78. The van der Waals surface area contributed by atoms with Crippen molar-refractivity contribution in [3.63, 3.8) is 0 Å². The molecule has 0 aliphatic heterocycles. The third-order valence-corrected chi connectivity index (χ3v) is 5.12. The van der Waals surface area contributed by atoms with Crippen molar-refractivity contribution in [1.29, 1.82) is 0 Å². The van der Waals surface area contributed by atoms with Crippen LogP contribution < -0.4 is 5.32 Å². The Labute approximate surface area is 137 Å². The normalized spacial score (nSPS) is 16.0. The van der Waals surface area contributed by atoms with Crippen molar-refractivity contribution in [2.45, 2.75) is 36.9 Å². The van der Waals surface area contributed by atoms with Crippen LogP contribution in [0.4, 0.5) is 0 Å². The van der Waals surface area contributed by atoms with Gasteiger partial charge in [-0.3, -0.25) is 4.68 Å². The van der Waals surface area contributed by atoms with Gasteiger partial charge in [0, 0.05) is 31.2 Å². The third kappa shape index (κ3) is 4.63. The maximum Gasteiger partial charge on any atom is 0.175 e. The van der Waals surface area contributed by atoms with Gasteiger partial charge in [0.05, 0.1) is 17.0 Å². The molecule has 0 saturated heterocycles. The molecule has 23 heavy (non-hydrogen) atoms. The Balaban J connectivity index is 1.93. The molecule has 6 nitrogen and oxygen atoms in total.